The number of hydrogen-bond donors (Lipinski definition) is 2. The summed E-state index contributed by atoms with van der Waals surface area (Å²) in [6.07, 6.45) is 1.64. The fraction of sp³-hybridized carbons (Fsp3) is 0.412. The van der Waals surface area contributed by atoms with E-state index < -0.39 is 0 Å². The molecule has 1 amide bonds. The van der Waals surface area contributed by atoms with Crippen LogP contribution in [-0.4, -0.2) is 30.6 Å². The van der Waals surface area contributed by atoms with Crippen LogP contribution in [0.3, 0.4) is 0 Å². The van der Waals surface area contributed by atoms with Crippen LogP contribution in [0.2, 0.25) is 5.02 Å². The van der Waals surface area contributed by atoms with Gasteiger partial charge in [0.2, 0.25) is 0 Å². The third-order valence-electron chi connectivity index (χ3n) is 4.44. The molecule has 136 valence electrons. The third kappa shape index (κ3) is 4.51. The number of halogens is 2. The van der Waals surface area contributed by atoms with E-state index in [0.717, 1.165) is 28.4 Å². The van der Waals surface area contributed by atoms with Crippen molar-refractivity contribution in [3.05, 3.63) is 50.9 Å². The lowest BCUT2D eigenvalue weighted by Gasteiger charge is -2.38. The number of aromatic nitrogens is 1. The van der Waals surface area contributed by atoms with Crippen LogP contribution < -0.4 is 11.1 Å². The summed E-state index contributed by atoms with van der Waals surface area (Å²) in [5.74, 6) is -0.177. The molecule has 25 heavy (non-hydrogen) atoms. The Labute approximate surface area is 162 Å². The molecule has 5 nitrogen and oxygen atoms in total. The van der Waals surface area contributed by atoms with Crippen molar-refractivity contribution >= 4 is 41.3 Å². The van der Waals surface area contributed by atoms with Gasteiger partial charge in [-0.05, 0) is 24.5 Å². The number of hydrogen-bond acceptors (Lipinski definition) is 5. The van der Waals surface area contributed by atoms with E-state index in [9.17, 15) is 4.79 Å². The predicted octanol–water partition coefficient (Wildman–Crippen LogP) is 3.16. The van der Waals surface area contributed by atoms with Gasteiger partial charge in [0.15, 0.2) is 0 Å². The molecule has 1 aromatic heterocycles. The topological polar surface area (TPSA) is 77.2 Å². The van der Waals surface area contributed by atoms with Gasteiger partial charge in [0.05, 0.1) is 0 Å². The Morgan fingerprint density at radius 2 is 2.08 bits per heavy atom. The Hall–Kier alpha value is -1.18. The molecule has 2 heterocycles. The minimum Gasteiger partial charge on any atom is -0.381 e. The molecule has 0 spiro atoms. The molecule has 2 aromatic rings. The van der Waals surface area contributed by atoms with Crippen LogP contribution in [0, 0.1) is 0 Å². The van der Waals surface area contributed by atoms with Crippen molar-refractivity contribution in [1.82, 2.24) is 10.3 Å². The molecule has 0 aliphatic carbocycles. The van der Waals surface area contributed by atoms with Gasteiger partial charge in [-0.25, -0.2) is 4.98 Å². The maximum Gasteiger partial charge on any atom is 0.270 e. The van der Waals surface area contributed by atoms with E-state index in [4.69, 9.17) is 22.1 Å². The quantitative estimate of drug-likeness (QED) is 0.806. The van der Waals surface area contributed by atoms with Gasteiger partial charge in [-0.3, -0.25) is 4.79 Å². The van der Waals surface area contributed by atoms with Gasteiger partial charge in [0.25, 0.3) is 5.91 Å². The van der Waals surface area contributed by atoms with Crippen LogP contribution in [0.4, 0.5) is 0 Å². The zero-order valence-corrected chi connectivity index (χ0v) is 16.1. The first kappa shape index (κ1) is 20.1. The monoisotopic (exact) mass is 401 g/mol. The second-order valence-electron chi connectivity index (χ2n) is 5.89. The highest BCUT2D eigenvalue weighted by atomic mass is 35.5. The van der Waals surface area contributed by atoms with Gasteiger partial charge in [-0.15, -0.1) is 23.7 Å². The summed E-state index contributed by atoms with van der Waals surface area (Å²) in [5, 5.41) is 6.25. The Bertz CT molecular complexity index is 717. The predicted molar refractivity (Wildman–Crippen MR) is 103 cm³/mol. The van der Waals surface area contributed by atoms with Gasteiger partial charge >= 0.3 is 0 Å². The van der Waals surface area contributed by atoms with Crippen LogP contribution in [0.1, 0.15) is 33.9 Å². The molecule has 1 saturated heterocycles. The van der Waals surface area contributed by atoms with Crippen LogP contribution in [0.15, 0.2) is 29.6 Å². The van der Waals surface area contributed by atoms with Crippen LogP contribution >= 0.6 is 35.3 Å². The molecule has 8 heteroatoms. The summed E-state index contributed by atoms with van der Waals surface area (Å²) in [7, 11) is 0. The van der Waals surface area contributed by atoms with E-state index in [1.54, 1.807) is 5.38 Å². The van der Waals surface area contributed by atoms with E-state index >= 15 is 0 Å². The van der Waals surface area contributed by atoms with Crippen molar-refractivity contribution in [2.24, 2.45) is 5.73 Å². The normalized spacial score (nSPS) is 16.1. The number of thiazole rings is 1. The molecule has 0 radical (unpaired) electrons. The molecule has 0 saturated carbocycles. The number of ether oxygens (including phenoxy) is 1. The first-order valence-corrected chi connectivity index (χ1v) is 9.16. The summed E-state index contributed by atoms with van der Waals surface area (Å²) in [6.45, 7) is 2.18. The van der Waals surface area contributed by atoms with E-state index in [2.05, 4.69) is 10.3 Å². The van der Waals surface area contributed by atoms with Crippen molar-refractivity contribution in [2.45, 2.75) is 24.8 Å². The van der Waals surface area contributed by atoms with Gasteiger partial charge in [-0.1, -0.05) is 29.8 Å². The highest BCUT2D eigenvalue weighted by molar-refractivity contribution is 7.09. The first-order valence-electron chi connectivity index (χ1n) is 7.90. The van der Waals surface area contributed by atoms with E-state index in [0.29, 0.717) is 32.0 Å². The number of nitrogens with two attached hydrogens (primary N) is 1. The first-order chi connectivity index (χ1) is 11.6. The average Bonchev–Trinajstić information content (AvgIpc) is 3.10. The van der Waals surface area contributed by atoms with Gasteiger partial charge < -0.3 is 15.8 Å². The van der Waals surface area contributed by atoms with Crippen LogP contribution in [0.5, 0.6) is 0 Å². The number of amides is 1. The van der Waals surface area contributed by atoms with E-state index in [1.165, 1.54) is 11.3 Å². The largest absolute Gasteiger partial charge is 0.381 e. The summed E-state index contributed by atoms with van der Waals surface area (Å²) >= 11 is 7.82. The highest BCUT2D eigenvalue weighted by Gasteiger charge is 2.36. The molecule has 0 bridgehead atoms. The van der Waals surface area contributed by atoms with Crippen LogP contribution in [-0.2, 0) is 16.7 Å². The lowest BCUT2D eigenvalue weighted by molar-refractivity contribution is 0.0487. The van der Waals surface area contributed by atoms with Crippen molar-refractivity contribution in [3.8, 4) is 0 Å². The van der Waals surface area contributed by atoms with E-state index in [1.807, 2.05) is 24.3 Å². The third-order valence-corrected chi connectivity index (χ3v) is 5.64. The second-order valence-corrected chi connectivity index (χ2v) is 7.24. The smallest absolute Gasteiger partial charge is 0.270 e. The maximum atomic E-state index is 12.4. The average molecular weight is 402 g/mol. The summed E-state index contributed by atoms with van der Waals surface area (Å²) in [5.41, 5.74) is 6.83. The Morgan fingerprint density at radius 3 is 2.72 bits per heavy atom. The number of carbonyl (C=O) groups is 1. The number of benzene rings is 1. The van der Waals surface area contributed by atoms with Crippen molar-refractivity contribution in [3.63, 3.8) is 0 Å². The minimum absolute atomic E-state index is 0. The Balaban J connectivity index is 0.00000225. The van der Waals surface area contributed by atoms with Crippen molar-refractivity contribution in [2.75, 3.05) is 19.8 Å². The number of carbonyl (C=O) groups excluding carboxylic acids is 1. The molecular weight excluding hydrogens is 381 g/mol. The molecule has 0 atom stereocenters. The number of rotatable bonds is 5. The molecular formula is C17H21Cl2N3O2S. The zero-order chi connectivity index (χ0) is 17.0. The molecule has 3 rings (SSSR count). The molecule has 0 unspecified atom stereocenters. The van der Waals surface area contributed by atoms with Gasteiger partial charge in [0, 0.05) is 42.1 Å². The molecule has 3 N–H and O–H groups in total. The van der Waals surface area contributed by atoms with Crippen molar-refractivity contribution in [1.29, 1.82) is 0 Å². The fourth-order valence-corrected chi connectivity index (χ4v) is 4.03. The zero-order valence-electron chi connectivity index (χ0n) is 13.7. The van der Waals surface area contributed by atoms with Crippen LogP contribution in [0.25, 0.3) is 0 Å². The number of nitrogens with zero attached hydrogens (tertiary/aromatic N) is 1. The SMILES string of the molecule is Cl.NCc1nc(C(=O)NCC2(c3ccccc3Cl)CCOCC2)cs1. The molecule has 1 fully saturated rings. The molecule has 1 aromatic carbocycles. The Kier molecular flexibility index (Phi) is 7.22. The summed E-state index contributed by atoms with van der Waals surface area (Å²) < 4.78 is 5.52. The van der Waals surface area contributed by atoms with Gasteiger partial charge in [-0.2, -0.15) is 0 Å². The number of nitrogens with one attached hydrogen (secondary N) is 1. The standard InChI is InChI=1S/C17H20ClN3O2S.ClH/c18-13-4-2-1-3-12(13)17(5-7-23-8-6-17)11-20-16(22)14-10-24-15(9-19)21-14;/h1-4,10H,5-9,11,19H2,(H,20,22);1H. The maximum absolute atomic E-state index is 12.4. The van der Waals surface area contributed by atoms with Gasteiger partial charge in [0.1, 0.15) is 10.7 Å². The van der Waals surface area contributed by atoms with Crippen molar-refractivity contribution < 1.29 is 9.53 Å². The highest BCUT2D eigenvalue weighted by Crippen LogP contribution is 2.38. The lowest BCUT2D eigenvalue weighted by Crippen LogP contribution is -2.44. The summed E-state index contributed by atoms with van der Waals surface area (Å²) in [6, 6.07) is 7.83. The summed E-state index contributed by atoms with van der Waals surface area (Å²) in [4.78, 5) is 16.6. The minimum atomic E-state index is -0.209. The molecule has 1 aliphatic heterocycles. The molecule has 1 aliphatic rings. The Morgan fingerprint density at radius 1 is 1.36 bits per heavy atom. The fourth-order valence-electron chi connectivity index (χ4n) is 3.04. The second kappa shape index (κ2) is 8.96. The van der Waals surface area contributed by atoms with E-state index in [-0.39, 0.29) is 23.7 Å². The lowest BCUT2D eigenvalue weighted by atomic mass is 9.74.